The topological polar surface area (TPSA) is 44.7 Å². The number of nitrogens with zero attached hydrogens (tertiary/aromatic N) is 1. The summed E-state index contributed by atoms with van der Waals surface area (Å²) in [5, 5.41) is 13.0. The molecule has 18 heavy (non-hydrogen) atoms. The lowest BCUT2D eigenvalue weighted by Gasteiger charge is -2.35. The number of aliphatic hydroxyl groups excluding tert-OH is 1. The standard InChI is InChI=1S/C14H30N2O2/c1-12(10-18-4)16(3)9-7-13-6-5-8-14(13,11-17)15-2/h12-13,15,17H,5-11H2,1-4H3. The van der Waals surface area contributed by atoms with Crippen molar-refractivity contribution in [1.29, 1.82) is 0 Å². The van der Waals surface area contributed by atoms with Gasteiger partial charge in [-0.2, -0.15) is 0 Å². The number of methoxy groups -OCH3 is 1. The van der Waals surface area contributed by atoms with E-state index in [9.17, 15) is 5.11 Å². The van der Waals surface area contributed by atoms with Gasteiger partial charge < -0.3 is 20.1 Å². The van der Waals surface area contributed by atoms with Gasteiger partial charge in [-0.3, -0.25) is 0 Å². The van der Waals surface area contributed by atoms with Crippen molar-refractivity contribution in [2.24, 2.45) is 5.92 Å². The molecule has 1 rings (SSSR count). The Morgan fingerprint density at radius 2 is 2.28 bits per heavy atom. The first kappa shape index (κ1) is 15.9. The predicted molar refractivity (Wildman–Crippen MR) is 74.8 cm³/mol. The van der Waals surface area contributed by atoms with E-state index in [1.54, 1.807) is 7.11 Å². The van der Waals surface area contributed by atoms with Crippen LogP contribution in [0.2, 0.25) is 0 Å². The largest absolute Gasteiger partial charge is 0.394 e. The van der Waals surface area contributed by atoms with Crippen molar-refractivity contribution < 1.29 is 9.84 Å². The molecule has 0 spiro atoms. The van der Waals surface area contributed by atoms with E-state index in [-0.39, 0.29) is 12.1 Å². The smallest absolute Gasteiger partial charge is 0.0615 e. The van der Waals surface area contributed by atoms with Crippen molar-refractivity contribution in [3.63, 3.8) is 0 Å². The van der Waals surface area contributed by atoms with Gasteiger partial charge in [0, 0.05) is 18.7 Å². The normalized spacial score (nSPS) is 30.0. The zero-order valence-electron chi connectivity index (χ0n) is 12.4. The molecule has 2 N–H and O–H groups in total. The van der Waals surface area contributed by atoms with Crippen LogP contribution in [0.5, 0.6) is 0 Å². The van der Waals surface area contributed by atoms with Gasteiger partial charge in [0.1, 0.15) is 0 Å². The van der Waals surface area contributed by atoms with Crippen molar-refractivity contribution in [2.75, 3.05) is 41.0 Å². The molecule has 0 heterocycles. The zero-order valence-corrected chi connectivity index (χ0v) is 12.4. The van der Waals surface area contributed by atoms with Gasteiger partial charge in [-0.05, 0) is 52.7 Å². The summed E-state index contributed by atoms with van der Waals surface area (Å²) in [5.41, 5.74) is -0.0364. The minimum absolute atomic E-state index is 0.0364. The van der Waals surface area contributed by atoms with Crippen LogP contribution in [-0.4, -0.2) is 62.6 Å². The number of aliphatic hydroxyl groups is 1. The fourth-order valence-electron chi connectivity index (χ4n) is 3.13. The Hall–Kier alpha value is -0.160. The Kier molecular flexibility index (Phi) is 6.57. The van der Waals surface area contributed by atoms with Crippen molar-refractivity contribution in [3.8, 4) is 0 Å². The van der Waals surface area contributed by atoms with E-state index in [4.69, 9.17) is 4.74 Å². The first-order valence-electron chi connectivity index (χ1n) is 7.08. The molecule has 4 nitrogen and oxygen atoms in total. The first-order valence-corrected chi connectivity index (χ1v) is 7.08. The van der Waals surface area contributed by atoms with Crippen LogP contribution in [0.4, 0.5) is 0 Å². The van der Waals surface area contributed by atoms with Crippen LogP contribution in [0.25, 0.3) is 0 Å². The van der Waals surface area contributed by atoms with E-state index >= 15 is 0 Å². The van der Waals surface area contributed by atoms with E-state index in [0.29, 0.717) is 12.0 Å². The monoisotopic (exact) mass is 258 g/mol. The van der Waals surface area contributed by atoms with Gasteiger partial charge >= 0.3 is 0 Å². The fourth-order valence-corrected chi connectivity index (χ4v) is 3.13. The highest BCUT2D eigenvalue weighted by molar-refractivity contribution is 4.98. The molecule has 0 saturated heterocycles. The molecule has 1 aliphatic carbocycles. The van der Waals surface area contributed by atoms with E-state index in [0.717, 1.165) is 26.0 Å². The maximum Gasteiger partial charge on any atom is 0.0615 e. The molecule has 3 unspecified atom stereocenters. The summed E-state index contributed by atoms with van der Waals surface area (Å²) in [6.45, 7) is 4.29. The lowest BCUT2D eigenvalue weighted by atomic mass is 9.85. The maximum absolute atomic E-state index is 9.65. The van der Waals surface area contributed by atoms with Gasteiger partial charge in [0.15, 0.2) is 0 Å². The fraction of sp³-hybridized carbons (Fsp3) is 1.00. The molecule has 0 amide bonds. The first-order chi connectivity index (χ1) is 8.59. The molecule has 3 atom stereocenters. The molecule has 1 aliphatic rings. The summed E-state index contributed by atoms with van der Waals surface area (Å²) in [4.78, 5) is 2.35. The molecular weight excluding hydrogens is 228 g/mol. The highest BCUT2D eigenvalue weighted by atomic mass is 16.5. The van der Waals surface area contributed by atoms with Crippen LogP contribution < -0.4 is 5.32 Å². The van der Waals surface area contributed by atoms with E-state index < -0.39 is 0 Å². The van der Waals surface area contributed by atoms with Crippen molar-refractivity contribution in [1.82, 2.24) is 10.2 Å². The third-order valence-corrected chi connectivity index (χ3v) is 4.73. The predicted octanol–water partition coefficient (Wildman–Crippen LogP) is 1.09. The quantitative estimate of drug-likeness (QED) is 0.684. The lowest BCUT2D eigenvalue weighted by Crippen LogP contribution is -2.50. The molecule has 0 aliphatic heterocycles. The number of rotatable bonds is 8. The number of ether oxygens (including phenoxy) is 1. The second kappa shape index (κ2) is 7.43. The summed E-state index contributed by atoms with van der Waals surface area (Å²) in [6, 6.07) is 0.453. The van der Waals surface area contributed by atoms with Crippen LogP contribution in [-0.2, 0) is 4.74 Å². The highest BCUT2D eigenvalue weighted by Crippen LogP contribution is 2.37. The third-order valence-electron chi connectivity index (χ3n) is 4.73. The van der Waals surface area contributed by atoms with Gasteiger partial charge in [-0.25, -0.2) is 0 Å². The Labute approximate surface area is 112 Å². The summed E-state index contributed by atoms with van der Waals surface area (Å²) in [6.07, 6.45) is 4.70. The molecule has 1 fully saturated rings. The average Bonchev–Trinajstić information content (AvgIpc) is 2.79. The van der Waals surface area contributed by atoms with Crippen molar-refractivity contribution in [2.45, 2.75) is 44.2 Å². The van der Waals surface area contributed by atoms with Gasteiger partial charge in [0.05, 0.1) is 13.2 Å². The van der Waals surface area contributed by atoms with Crippen molar-refractivity contribution in [3.05, 3.63) is 0 Å². The average molecular weight is 258 g/mol. The molecule has 108 valence electrons. The molecular formula is C14H30N2O2. The maximum atomic E-state index is 9.65. The minimum Gasteiger partial charge on any atom is -0.394 e. The van der Waals surface area contributed by atoms with Crippen LogP contribution >= 0.6 is 0 Å². The molecule has 4 heteroatoms. The Morgan fingerprint density at radius 3 is 2.83 bits per heavy atom. The minimum atomic E-state index is -0.0364. The van der Waals surface area contributed by atoms with E-state index in [2.05, 4.69) is 24.2 Å². The van der Waals surface area contributed by atoms with Crippen LogP contribution in [0, 0.1) is 5.92 Å². The summed E-state index contributed by atoms with van der Waals surface area (Å²) in [5.74, 6) is 0.588. The van der Waals surface area contributed by atoms with Gasteiger partial charge in [-0.1, -0.05) is 6.42 Å². The third kappa shape index (κ3) is 3.67. The summed E-state index contributed by atoms with van der Waals surface area (Å²) < 4.78 is 5.19. The van der Waals surface area contributed by atoms with E-state index in [1.165, 1.54) is 12.8 Å². The van der Waals surface area contributed by atoms with Gasteiger partial charge in [0.25, 0.3) is 0 Å². The van der Waals surface area contributed by atoms with Crippen LogP contribution in [0.3, 0.4) is 0 Å². The zero-order chi connectivity index (χ0) is 13.6. The molecule has 0 aromatic carbocycles. The summed E-state index contributed by atoms with van der Waals surface area (Å²) in [7, 11) is 5.88. The number of hydrogen-bond donors (Lipinski definition) is 2. The number of nitrogens with one attached hydrogen (secondary N) is 1. The summed E-state index contributed by atoms with van der Waals surface area (Å²) >= 11 is 0. The number of hydrogen-bond acceptors (Lipinski definition) is 4. The molecule has 1 saturated carbocycles. The molecule has 0 aromatic rings. The second-order valence-electron chi connectivity index (χ2n) is 5.73. The molecule has 0 aromatic heterocycles. The van der Waals surface area contributed by atoms with Crippen LogP contribution in [0.1, 0.15) is 32.6 Å². The lowest BCUT2D eigenvalue weighted by molar-refractivity contribution is 0.0944. The Bertz CT molecular complexity index is 232. The Morgan fingerprint density at radius 1 is 1.56 bits per heavy atom. The van der Waals surface area contributed by atoms with Crippen molar-refractivity contribution >= 4 is 0 Å². The Balaban J connectivity index is 2.42. The highest BCUT2D eigenvalue weighted by Gasteiger charge is 2.40. The SMILES string of the molecule is CNC1(CO)CCCC1CCN(C)C(C)COC. The van der Waals surface area contributed by atoms with E-state index in [1.807, 2.05) is 7.05 Å². The van der Waals surface area contributed by atoms with Crippen LogP contribution in [0.15, 0.2) is 0 Å². The molecule has 0 bridgehead atoms. The second-order valence-corrected chi connectivity index (χ2v) is 5.73. The number of likely N-dealkylation sites (N-methyl/N-ethyl adjacent to an activating group) is 2. The van der Waals surface area contributed by atoms with Gasteiger partial charge in [-0.15, -0.1) is 0 Å². The molecule has 0 radical (unpaired) electrons. The van der Waals surface area contributed by atoms with Gasteiger partial charge in [0.2, 0.25) is 0 Å².